The van der Waals surface area contributed by atoms with E-state index in [2.05, 4.69) is 16.2 Å². The van der Waals surface area contributed by atoms with Crippen LogP contribution in [-0.4, -0.2) is 18.4 Å². The van der Waals surface area contributed by atoms with Crippen molar-refractivity contribution in [2.45, 2.75) is 6.42 Å². The number of hydrazine groups is 1. The van der Waals surface area contributed by atoms with E-state index in [1.165, 1.54) is 6.20 Å². The predicted molar refractivity (Wildman–Crippen MR) is 67.8 cm³/mol. The third-order valence-corrected chi connectivity index (χ3v) is 2.76. The Morgan fingerprint density at radius 1 is 1.33 bits per heavy atom. The second-order valence-electron chi connectivity index (χ2n) is 3.78. The zero-order valence-electron chi connectivity index (χ0n) is 9.50. The van der Waals surface area contributed by atoms with E-state index in [9.17, 15) is 9.59 Å². The van der Waals surface area contributed by atoms with Crippen molar-refractivity contribution in [1.29, 1.82) is 0 Å². The largest absolute Gasteiger partial charge is 0.352 e. The normalized spacial score (nSPS) is 16.5. The van der Waals surface area contributed by atoms with E-state index in [0.717, 1.165) is 0 Å². The van der Waals surface area contributed by atoms with Crippen LogP contribution >= 0.6 is 11.6 Å². The van der Waals surface area contributed by atoms with Crippen molar-refractivity contribution in [3.05, 3.63) is 46.6 Å². The molecule has 1 fully saturated rings. The Labute approximate surface area is 109 Å². The number of rotatable bonds is 3. The van der Waals surface area contributed by atoms with Crippen molar-refractivity contribution < 1.29 is 9.59 Å². The quantitative estimate of drug-likeness (QED) is 0.564. The van der Waals surface area contributed by atoms with Crippen molar-refractivity contribution >= 4 is 23.4 Å². The molecule has 2 rings (SSSR count). The van der Waals surface area contributed by atoms with Crippen molar-refractivity contribution in [2.24, 2.45) is 0 Å². The molecule has 1 aliphatic rings. The van der Waals surface area contributed by atoms with Gasteiger partial charge in [-0.15, -0.1) is 0 Å². The summed E-state index contributed by atoms with van der Waals surface area (Å²) in [5.41, 5.74) is 6.20. The maximum Gasteiger partial charge on any atom is 0.269 e. The van der Waals surface area contributed by atoms with Crippen molar-refractivity contribution in [2.75, 3.05) is 6.54 Å². The van der Waals surface area contributed by atoms with E-state index in [1.54, 1.807) is 24.3 Å². The molecule has 0 spiro atoms. The number of hydrogen-bond acceptors (Lipinski definition) is 3. The molecule has 0 unspecified atom stereocenters. The van der Waals surface area contributed by atoms with Crippen LogP contribution in [0.2, 0.25) is 5.02 Å². The summed E-state index contributed by atoms with van der Waals surface area (Å²) in [6.45, 7) is 0.636. The van der Waals surface area contributed by atoms with Gasteiger partial charge in [0, 0.05) is 28.9 Å². The first kappa shape index (κ1) is 12.4. The van der Waals surface area contributed by atoms with Gasteiger partial charge in [0.05, 0.1) is 0 Å². The molecule has 18 heavy (non-hydrogen) atoms. The SMILES string of the molecule is O=C1NCC/C1=C\NNC(=O)c1ccc(Cl)cc1. The molecule has 1 aromatic rings. The highest BCUT2D eigenvalue weighted by atomic mass is 35.5. The minimum Gasteiger partial charge on any atom is -0.352 e. The molecule has 0 aliphatic carbocycles. The molecule has 3 N–H and O–H groups in total. The first-order valence-corrected chi connectivity index (χ1v) is 5.83. The number of amides is 2. The van der Waals surface area contributed by atoms with Crippen molar-refractivity contribution in [3.63, 3.8) is 0 Å². The number of nitrogens with one attached hydrogen (secondary N) is 3. The number of hydrogen-bond donors (Lipinski definition) is 3. The molecule has 0 bridgehead atoms. The molecule has 2 amide bonds. The van der Waals surface area contributed by atoms with Gasteiger partial charge in [0.25, 0.3) is 5.91 Å². The monoisotopic (exact) mass is 265 g/mol. The van der Waals surface area contributed by atoms with Crippen LogP contribution in [0, 0.1) is 0 Å². The predicted octanol–water partition coefficient (Wildman–Crippen LogP) is 0.978. The molecular formula is C12H12ClN3O2. The Balaban J connectivity index is 1.89. The fourth-order valence-electron chi connectivity index (χ4n) is 1.54. The minimum absolute atomic E-state index is 0.108. The molecule has 1 saturated heterocycles. The highest BCUT2D eigenvalue weighted by Crippen LogP contribution is 2.09. The van der Waals surface area contributed by atoms with Gasteiger partial charge >= 0.3 is 0 Å². The standard InChI is InChI=1S/C12H12ClN3O2/c13-10-3-1-8(2-4-10)12(18)16-15-7-9-5-6-14-11(9)17/h1-4,7,15H,5-6H2,(H,14,17)(H,16,18)/b9-7+. The average Bonchev–Trinajstić information content (AvgIpc) is 2.76. The molecule has 5 nitrogen and oxygen atoms in total. The number of halogens is 1. The number of carbonyl (C=O) groups excluding carboxylic acids is 2. The molecule has 94 valence electrons. The zero-order valence-corrected chi connectivity index (χ0v) is 10.3. The topological polar surface area (TPSA) is 70.2 Å². The first-order chi connectivity index (χ1) is 8.66. The third kappa shape index (κ3) is 3.01. The van der Waals surface area contributed by atoms with Gasteiger partial charge in [-0.1, -0.05) is 11.6 Å². The second-order valence-corrected chi connectivity index (χ2v) is 4.22. The highest BCUT2D eigenvalue weighted by Gasteiger charge is 2.15. The van der Waals surface area contributed by atoms with Crippen LogP contribution in [0.25, 0.3) is 0 Å². The molecule has 6 heteroatoms. The van der Waals surface area contributed by atoms with Gasteiger partial charge in [0.15, 0.2) is 0 Å². The maximum absolute atomic E-state index is 11.7. The summed E-state index contributed by atoms with van der Waals surface area (Å²) in [6, 6.07) is 6.52. The van der Waals surface area contributed by atoms with Crippen LogP contribution in [0.3, 0.4) is 0 Å². The van der Waals surface area contributed by atoms with E-state index in [4.69, 9.17) is 11.6 Å². The maximum atomic E-state index is 11.7. The van der Waals surface area contributed by atoms with E-state index in [-0.39, 0.29) is 11.8 Å². The lowest BCUT2D eigenvalue weighted by atomic mass is 10.2. The van der Waals surface area contributed by atoms with Gasteiger partial charge in [-0.2, -0.15) is 0 Å². The fraction of sp³-hybridized carbons (Fsp3) is 0.167. The molecule has 0 atom stereocenters. The van der Waals surface area contributed by atoms with Crippen LogP contribution in [0.1, 0.15) is 16.8 Å². The van der Waals surface area contributed by atoms with E-state index in [0.29, 0.717) is 29.1 Å². The summed E-state index contributed by atoms with van der Waals surface area (Å²) < 4.78 is 0. The zero-order chi connectivity index (χ0) is 13.0. The lowest BCUT2D eigenvalue weighted by molar-refractivity contribution is -0.116. The Kier molecular flexibility index (Phi) is 3.84. The van der Waals surface area contributed by atoms with Crippen LogP contribution in [0.5, 0.6) is 0 Å². The Morgan fingerprint density at radius 3 is 2.67 bits per heavy atom. The Hall–Kier alpha value is -2.01. The summed E-state index contributed by atoms with van der Waals surface area (Å²) in [7, 11) is 0. The van der Waals surface area contributed by atoms with Gasteiger partial charge in [0.1, 0.15) is 0 Å². The Morgan fingerprint density at radius 2 is 2.06 bits per heavy atom. The van der Waals surface area contributed by atoms with E-state index in [1.807, 2.05) is 0 Å². The van der Waals surface area contributed by atoms with Gasteiger partial charge in [-0.3, -0.25) is 15.0 Å². The minimum atomic E-state index is -0.290. The van der Waals surface area contributed by atoms with E-state index < -0.39 is 0 Å². The summed E-state index contributed by atoms with van der Waals surface area (Å²) in [4.78, 5) is 22.9. The fourth-order valence-corrected chi connectivity index (χ4v) is 1.66. The van der Waals surface area contributed by atoms with Crippen molar-refractivity contribution in [3.8, 4) is 0 Å². The number of carbonyl (C=O) groups is 2. The molecular weight excluding hydrogens is 254 g/mol. The van der Waals surface area contributed by atoms with E-state index >= 15 is 0 Å². The molecule has 1 aliphatic heterocycles. The summed E-state index contributed by atoms with van der Waals surface area (Å²) in [6.07, 6.45) is 2.15. The van der Waals surface area contributed by atoms with Gasteiger partial charge < -0.3 is 10.7 Å². The molecule has 0 radical (unpaired) electrons. The van der Waals surface area contributed by atoms with Crippen LogP contribution in [0.15, 0.2) is 36.0 Å². The van der Waals surface area contributed by atoms with Crippen LogP contribution in [-0.2, 0) is 4.79 Å². The van der Waals surface area contributed by atoms with Crippen LogP contribution in [0.4, 0.5) is 0 Å². The van der Waals surface area contributed by atoms with Gasteiger partial charge in [-0.05, 0) is 30.7 Å². The lowest BCUT2D eigenvalue weighted by Gasteiger charge is -2.05. The second kappa shape index (κ2) is 5.55. The molecule has 1 aromatic carbocycles. The summed E-state index contributed by atoms with van der Waals surface area (Å²) >= 11 is 5.72. The smallest absolute Gasteiger partial charge is 0.269 e. The van der Waals surface area contributed by atoms with Crippen LogP contribution < -0.4 is 16.2 Å². The number of benzene rings is 1. The molecule has 0 aromatic heterocycles. The summed E-state index contributed by atoms with van der Waals surface area (Å²) in [5.74, 6) is -0.398. The van der Waals surface area contributed by atoms with Crippen molar-refractivity contribution in [1.82, 2.24) is 16.2 Å². The molecule has 1 heterocycles. The Bertz CT molecular complexity index is 497. The lowest BCUT2D eigenvalue weighted by Crippen LogP contribution is -2.34. The highest BCUT2D eigenvalue weighted by molar-refractivity contribution is 6.30. The third-order valence-electron chi connectivity index (χ3n) is 2.51. The van der Waals surface area contributed by atoms with Gasteiger partial charge in [-0.25, -0.2) is 0 Å². The molecule has 0 saturated carbocycles. The van der Waals surface area contributed by atoms with Gasteiger partial charge in [0.2, 0.25) is 5.91 Å². The average molecular weight is 266 g/mol. The first-order valence-electron chi connectivity index (χ1n) is 5.45. The summed E-state index contributed by atoms with van der Waals surface area (Å²) in [5, 5.41) is 3.24.